The van der Waals surface area contributed by atoms with Crippen LogP contribution in [0.1, 0.15) is 26.2 Å². The van der Waals surface area contributed by atoms with Gasteiger partial charge in [0.25, 0.3) is 0 Å². The van der Waals surface area contributed by atoms with E-state index < -0.39 is 0 Å². The second kappa shape index (κ2) is 5.16. The van der Waals surface area contributed by atoms with E-state index in [4.69, 9.17) is 5.84 Å². The molecule has 88 valence electrons. The second-order valence-corrected chi connectivity index (χ2v) is 4.38. The van der Waals surface area contributed by atoms with Crippen LogP contribution in [0.2, 0.25) is 0 Å². The van der Waals surface area contributed by atoms with Crippen molar-refractivity contribution in [3.8, 4) is 0 Å². The number of nitrogens with one attached hydrogen (secondary N) is 1. The Bertz CT molecular complexity index is 336. The summed E-state index contributed by atoms with van der Waals surface area (Å²) >= 11 is 0. The summed E-state index contributed by atoms with van der Waals surface area (Å²) in [6, 6.07) is 4.05. The van der Waals surface area contributed by atoms with Gasteiger partial charge in [-0.2, -0.15) is 0 Å². The standard InChI is InChI=1S/C12H20N4/c1-2-16(9-10-4-3-5-10)11-6-7-14-12(8-11)15-13/h6-8,10H,2-5,9,13H2,1H3,(H,14,15). The largest absolute Gasteiger partial charge is 0.371 e. The summed E-state index contributed by atoms with van der Waals surface area (Å²) in [6.45, 7) is 4.38. The summed E-state index contributed by atoms with van der Waals surface area (Å²) in [4.78, 5) is 6.52. The number of rotatable bonds is 5. The second-order valence-electron chi connectivity index (χ2n) is 4.38. The predicted molar refractivity (Wildman–Crippen MR) is 67.3 cm³/mol. The lowest BCUT2D eigenvalue weighted by atomic mass is 9.85. The highest BCUT2D eigenvalue weighted by Crippen LogP contribution is 2.29. The van der Waals surface area contributed by atoms with Gasteiger partial charge in [0.2, 0.25) is 0 Å². The molecule has 0 spiro atoms. The van der Waals surface area contributed by atoms with Crippen molar-refractivity contribution >= 4 is 11.5 Å². The Morgan fingerprint density at radius 2 is 2.38 bits per heavy atom. The van der Waals surface area contributed by atoms with Crippen molar-refractivity contribution in [2.24, 2.45) is 11.8 Å². The molecular formula is C12H20N4. The third-order valence-electron chi connectivity index (χ3n) is 3.34. The minimum atomic E-state index is 0.726. The van der Waals surface area contributed by atoms with Gasteiger partial charge in [0.05, 0.1) is 0 Å². The highest BCUT2D eigenvalue weighted by molar-refractivity contribution is 5.53. The molecule has 1 saturated carbocycles. The molecule has 0 amide bonds. The average molecular weight is 220 g/mol. The van der Waals surface area contributed by atoms with Crippen molar-refractivity contribution < 1.29 is 0 Å². The number of hydrogen-bond acceptors (Lipinski definition) is 4. The van der Waals surface area contributed by atoms with Gasteiger partial charge in [-0.05, 0) is 31.7 Å². The van der Waals surface area contributed by atoms with Gasteiger partial charge in [-0.15, -0.1) is 0 Å². The fourth-order valence-corrected chi connectivity index (χ4v) is 2.10. The summed E-state index contributed by atoms with van der Waals surface area (Å²) in [5.74, 6) is 6.97. The Morgan fingerprint density at radius 1 is 1.56 bits per heavy atom. The Balaban J connectivity index is 2.05. The van der Waals surface area contributed by atoms with E-state index in [0.717, 1.165) is 24.8 Å². The molecule has 0 saturated heterocycles. The van der Waals surface area contributed by atoms with Crippen LogP contribution in [-0.2, 0) is 0 Å². The molecule has 0 aromatic carbocycles. The van der Waals surface area contributed by atoms with E-state index in [0.29, 0.717) is 0 Å². The van der Waals surface area contributed by atoms with Crippen LogP contribution in [-0.4, -0.2) is 18.1 Å². The molecule has 4 nitrogen and oxygen atoms in total. The van der Waals surface area contributed by atoms with Crippen LogP contribution in [0, 0.1) is 5.92 Å². The molecule has 4 heteroatoms. The van der Waals surface area contributed by atoms with Crippen LogP contribution in [0.25, 0.3) is 0 Å². The number of anilines is 2. The molecule has 1 heterocycles. The molecule has 0 bridgehead atoms. The lowest BCUT2D eigenvalue weighted by molar-refractivity contribution is 0.318. The van der Waals surface area contributed by atoms with Crippen LogP contribution in [0.3, 0.4) is 0 Å². The monoisotopic (exact) mass is 220 g/mol. The zero-order valence-corrected chi connectivity index (χ0v) is 9.82. The molecule has 0 unspecified atom stereocenters. The molecular weight excluding hydrogens is 200 g/mol. The Kier molecular flexibility index (Phi) is 3.62. The molecule has 1 aromatic heterocycles. The maximum absolute atomic E-state index is 5.37. The molecule has 16 heavy (non-hydrogen) atoms. The van der Waals surface area contributed by atoms with Crippen LogP contribution in [0.4, 0.5) is 11.5 Å². The summed E-state index contributed by atoms with van der Waals surface area (Å²) < 4.78 is 0. The Labute approximate surface area is 96.8 Å². The molecule has 1 aliphatic rings. The first kappa shape index (κ1) is 11.2. The van der Waals surface area contributed by atoms with Crippen molar-refractivity contribution in [1.82, 2.24) is 4.98 Å². The fraction of sp³-hybridized carbons (Fsp3) is 0.583. The van der Waals surface area contributed by atoms with Gasteiger partial charge >= 0.3 is 0 Å². The van der Waals surface area contributed by atoms with Gasteiger partial charge in [0, 0.05) is 31.0 Å². The van der Waals surface area contributed by atoms with Crippen molar-refractivity contribution in [2.75, 3.05) is 23.4 Å². The van der Waals surface area contributed by atoms with Gasteiger partial charge in [0.15, 0.2) is 0 Å². The zero-order chi connectivity index (χ0) is 11.4. The van der Waals surface area contributed by atoms with E-state index in [9.17, 15) is 0 Å². The fourth-order valence-electron chi connectivity index (χ4n) is 2.10. The van der Waals surface area contributed by atoms with E-state index in [1.54, 1.807) is 6.20 Å². The minimum Gasteiger partial charge on any atom is -0.371 e. The molecule has 1 aromatic rings. The number of hydrogen-bond donors (Lipinski definition) is 2. The minimum absolute atomic E-state index is 0.726. The van der Waals surface area contributed by atoms with Crippen LogP contribution in [0.5, 0.6) is 0 Å². The third-order valence-corrected chi connectivity index (χ3v) is 3.34. The normalized spacial score (nSPS) is 15.6. The zero-order valence-electron chi connectivity index (χ0n) is 9.82. The number of nitrogens with zero attached hydrogens (tertiary/aromatic N) is 2. The lowest BCUT2D eigenvalue weighted by Crippen LogP contribution is -2.32. The quantitative estimate of drug-likeness (QED) is 0.588. The third kappa shape index (κ3) is 2.44. The first-order chi connectivity index (χ1) is 7.83. The maximum atomic E-state index is 5.37. The number of nitrogen functional groups attached to an aromatic ring is 1. The first-order valence-corrected chi connectivity index (χ1v) is 6.01. The SMILES string of the molecule is CCN(CC1CCC1)c1ccnc(NN)c1. The van der Waals surface area contributed by atoms with Crippen LogP contribution >= 0.6 is 0 Å². The highest BCUT2D eigenvalue weighted by Gasteiger charge is 2.20. The van der Waals surface area contributed by atoms with Crippen molar-refractivity contribution in [1.29, 1.82) is 0 Å². The summed E-state index contributed by atoms with van der Waals surface area (Å²) in [6.07, 6.45) is 5.95. The van der Waals surface area contributed by atoms with E-state index in [1.807, 2.05) is 12.1 Å². The van der Waals surface area contributed by atoms with Gasteiger partial charge < -0.3 is 10.3 Å². The topological polar surface area (TPSA) is 54.2 Å². The molecule has 2 rings (SSSR count). The Hall–Kier alpha value is -1.29. The van der Waals surface area contributed by atoms with Crippen molar-refractivity contribution in [3.63, 3.8) is 0 Å². The first-order valence-electron chi connectivity index (χ1n) is 6.01. The maximum Gasteiger partial charge on any atom is 0.141 e. The summed E-state index contributed by atoms with van der Waals surface area (Å²) in [5, 5.41) is 0. The lowest BCUT2D eigenvalue weighted by Gasteiger charge is -2.33. The molecule has 3 N–H and O–H groups in total. The predicted octanol–water partition coefficient (Wildman–Crippen LogP) is 1.99. The van der Waals surface area contributed by atoms with E-state index in [1.165, 1.54) is 24.9 Å². The number of nitrogens with two attached hydrogens (primary N) is 1. The molecule has 0 aliphatic heterocycles. The molecule has 1 aliphatic carbocycles. The molecule has 1 fully saturated rings. The number of hydrazine groups is 1. The van der Waals surface area contributed by atoms with Gasteiger partial charge in [-0.1, -0.05) is 6.42 Å². The number of aromatic nitrogens is 1. The van der Waals surface area contributed by atoms with Gasteiger partial charge in [-0.25, -0.2) is 10.8 Å². The number of pyridine rings is 1. The van der Waals surface area contributed by atoms with E-state index >= 15 is 0 Å². The average Bonchev–Trinajstić information content (AvgIpc) is 2.28. The van der Waals surface area contributed by atoms with Crippen LogP contribution < -0.4 is 16.2 Å². The Morgan fingerprint density at radius 3 is 2.94 bits per heavy atom. The van der Waals surface area contributed by atoms with Crippen molar-refractivity contribution in [3.05, 3.63) is 18.3 Å². The molecule has 0 atom stereocenters. The van der Waals surface area contributed by atoms with Crippen molar-refractivity contribution in [2.45, 2.75) is 26.2 Å². The summed E-state index contributed by atoms with van der Waals surface area (Å²) in [7, 11) is 0. The van der Waals surface area contributed by atoms with E-state index in [2.05, 4.69) is 22.2 Å². The van der Waals surface area contributed by atoms with Gasteiger partial charge in [-0.3, -0.25) is 0 Å². The van der Waals surface area contributed by atoms with E-state index in [-0.39, 0.29) is 0 Å². The summed E-state index contributed by atoms with van der Waals surface area (Å²) in [5.41, 5.74) is 3.80. The smallest absolute Gasteiger partial charge is 0.141 e. The van der Waals surface area contributed by atoms with Crippen LogP contribution in [0.15, 0.2) is 18.3 Å². The molecule has 0 radical (unpaired) electrons. The highest BCUT2D eigenvalue weighted by atomic mass is 15.2. The van der Waals surface area contributed by atoms with Gasteiger partial charge in [0.1, 0.15) is 5.82 Å².